The molecule has 0 saturated heterocycles. The van der Waals surface area contributed by atoms with Gasteiger partial charge >= 0.3 is 0 Å². The monoisotopic (exact) mass is 686 g/mol. The van der Waals surface area contributed by atoms with Gasteiger partial charge in [0.05, 0.1) is 11.1 Å². The minimum atomic E-state index is 0. The number of benzene rings is 3. The maximum atomic E-state index is 10.5. The largest absolute Gasteiger partial charge is 0.507 e. The molecule has 0 saturated carbocycles. The van der Waals surface area contributed by atoms with E-state index in [-0.39, 0.29) is 61.2 Å². The van der Waals surface area contributed by atoms with Crippen molar-refractivity contribution in [2.75, 3.05) is 0 Å². The fraction of sp³-hybridized carbons (Fsp3) is 0.160. The molecule has 0 bridgehead atoms. The van der Waals surface area contributed by atoms with E-state index in [0.717, 1.165) is 27.8 Å². The van der Waals surface area contributed by atoms with Crippen LogP contribution in [0.4, 0.5) is 0 Å². The van der Waals surface area contributed by atoms with Crippen molar-refractivity contribution in [3.8, 4) is 45.7 Å². The van der Waals surface area contributed by atoms with Crippen LogP contribution in [0, 0.1) is 58.8 Å². The van der Waals surface area contributed by atoms with E-state index in [1.165, 1.54) is 0 Å². The van der Waals surface area contributed by atoms with Gasteiger partial charge in [-0.1, -0.05) is 35.9 Å². The Morgan fingerprint density at radius 2 is 0.875 bits per heavy atom. The molecule has 0 spiro atoms. The molecule has 1 aromatic heterocycles. The van der Waals surface area contributed by atoms with Crippen molar-refractivity contribution in [3.63, 3.8) is 0 Å². The predicted octanol–water partition coefficient (Wildman–Crippen LogP) is 5.51. The SMILES string of the molecule is Cc1ccc(-c2nc(-c3ccc(C)cc3O)nc(-c3ccc(C)cc3O)n2)c(C)c1.[U].[V]. The maximum absolute atomic E-state index is 10.5. The third kappa shape index (κ3) is 5.45. The van der Waals surface area contributed by atoms with Crippen molar-refractivity contribution < 1.29 is 59.9 Å². The fourth-order valence-corrected chi connectivity index (χ4v) is 3.46. The Kier molecular flexibility index (Phi) is 8.73. The minimum Gasteiger partial charge on any atom is -0.507 e. The van der Waals surface area contributed by atoms with E-state index >= 15 is 0 Å². The molecule has 5 nitrogen and oxygen atoms in total. The van der Waals surface area contributed by atoms with Crippen LogP contribution in [0.1, 0.15) is 22.3 Å². The van der Waals surface area contributed by atoms with Gasteiger partial charge in [0.15, 0.2) is 17.5 Å². The topological polar surface area (TPSA) is 79.1 Å². The normalized spacial score (nSPS) is 10.2. The van der Waals surface area contributed by atoms with Crippen LogP contribution in [-0.4, -0.2) is 25.2 Å². The molecular formula is C25H23N3O2UV. The Morgan fingerprint density at radius 1 is 0.531 bits per heavy atom. The number of phenolic OH excluding ortho intramolecular Hbond substituents is 2. The predicted molar refractivity (Wildman–Crippen MR) is 118 cm³/mol. The molecule has 0 fully saturated rings. The molecular weight excluding hydrogens is 663 g/mol. The zero-order chi connectivity index (χ0) is 21.4. The molecule has 32 heavy (non-hydrogen) atoms. The quantitative estimate of drug-likeness (QED) is 0.297. The molecule has 7 heteroatoms. The van der Waals surface area contributed by atoms with E-state index in [0.29, 0.717) is 28.6 Å². The van der Waals surface area contributed by atoms with Crippen molar-refractivity contribution in [2.45, 2.75) is 27.7 Å². The number of hydrogen-bond donors (Lipinski definition) is 2. The zero-order valence-electron chi connectivity index (χ0n) is 18.4. The summed E-state index contributed by atoms with van der Waals surface area (Å²) in [5.74, 6) is 1.41. The molecule has 1 radical (unpaired) electrons. The second kappa shape index (κ2) is 10.7. The second-order valence-corrected chi connectivity index (χ2v) is 7.67. The molecule has 2 N–H and O–H groups in total. The summed E-state index contributed by atoms with van der Waals surface area (Å²) in [6, 6.07) is 16.8. The van der Waals surface area contributed by atoms with Crippen molar-refractivity contribution in [2.24, 2.45) is 0 Å². The summed E-state index contributed by atoms with van der Waals surface area (Å²) in [7, 11) is 0. The van der Waals surface area contributed by atoms with Crippen molar-refractivity contribution >= 4 is 0 Å². The molecule has 0 amide bonds. The Morgan fingerprint density at radius 3 is 1.25 bits per heavy atom. The fourth-order valence-electron chi connectivity index (χ4n) is 3.46. The molecule has 4 aromatic rings. The summed E-state index contributed by atoms with van der Waals surface area (Å²) in [5.41, 5.74) is 5.98. The first-order valence-electron chi connectivity index (χ1n) is 9.75. The molecule has 0 aliphatic heterocycles. The summed E-state index contributed by atoms with van der Waals surface area (Å²) < 4.78 is 0. The number of hydrogen-bond acceptors (Lipinski definition) is 5. The third-order valence-electron chi connectivity index (χ3n) is 5.05. The van der Waals surface area contributed by atoms with Gasteiger partial charge in [-0.3, -0.25) is 0 Å². The van der Waals surface area contributed by atoms with E-state index in [2.05, 4.69) is 21.0 Å². The Hall–Kier alpha value is -2.09. The molecule has 3 aromatic carbocycles. The van der Waals surface area contributed by atoms with Gasteiger partial charge in [0.25, 0.3) is 0 Å². The van der Waals surface area contributed by atoms with Gasteiger partial charge in [0.2, 0.25) is 0 Å². The Labute approximate surface area is 223 Å². The van der Waals surface area contributed by atoms with Gasteiger partial charge in [0, 0.05) is 55.2 Å². The smallest absolute Gasteiger partial charge is 0.167 e. The van der Waals surface area contributed by atoms with E-state index in [4.69, 9.17) is 0 Å². The summed E-state index contributed by atoms with van der Waals surface area (Å²) in [6.07, 6.45) is 0. The summed E-state index contributed by atoms with van der Waals surface area (Å²) in [5, 5.41) is 21.0. The van der Waals surface area contributed by atoms with Crippen molar-refractivity contribution in [3.05, 3.63) is 76.9 Å². The first kappa shape index (κ1) is 26.2. The summed E-state index contributed by atoms with van der Waals surface area (Å²) in [4.78, 5) is 13.9. The third-order valence-corrected chi connectivity index (χ3v) is 5.05. The number of aromatic hydroxyl groups is 2. The van der Waals surface area contributed by atoms with Crippen molar-refractivity contribution in [1.29, 1.82) is 0 Å². The number of rotatable bonds is 3. The van der Waals surface area contributed by atoms with Gasteiger partial charge in [-0.05, 0) is 68.7 Å². The van der Waals surface area contributed by atoms with Crippen LogP contribution >= 0.6 is 0 Å². The molecule has 159 valence electrons. The molecule has 4 rings (SSSR count). The van der Waals surface area contributed by atoms with Gasteiger partial charge in [-0.25, -0.2) is 15.0 Å². The maximum Gasteiger partial charge on any atom is 0.167 e. The van der Waals surface area contributed by atoms with E-state index in [9.17, 15) is 10.2 Å². The van der Waals surface area contributed by atoms with Crippen LogP contribution in [0.15, 0.2) is 54.6 Å². The minimum absolute atomic E-state index is 0. The van der Waals surface area contributed by atoms with Crippen LogP contribution in [0.3, 0.4) is 0 Å². The standard InChI is InChI=1S/C25H23N3O2.U.V/c1-14-5-8-18(17(4)11-14)23-26-24(19-9-6-15(2)12-21(19)29)28-25(27-23)20-10-7-16(3)13-22(20)30;;/h5-13,29-30H,1-4H3;;. The molecule has 0 atom stereocenters. The van der Waals surface area contributed by atoms with E-state index < -0.39 is 0 Å². The van der Waals surface area contributed by atoms with E-state index in [1.807, 2.05) is 52.0 Å². The molecule has 0 unspecified atom stereocenters. The van der Waals surface area contributed by atoms with Crippen LogP contribution in [0.25, 0.3) is 34.2 Å². The van der Waals surface area contributed by atoms with Crippen LogP contribution < -0.4 is 0 Å². The van der Waals surface area contributed by atoms with Crippen LogP contribution in [0.5, 0.6) is 11.5 Å². The van der Waals surface area contributed by atoms with Gasteiger partial charge in [-0.15, -0.1) is 0 Å². The number of nitrogens with zero attached hydrogens (tertiary/aromatic N) is 3. The average molecular weight is 686 g/mol. The van der Waals surface area contributed by atoms with Gasteiger partial charge in [0.1, 0.15) is 11.5 Å². The van der Waals surface area contributed by atoms with Crippen LogP contribution in [-0.2, 0) is 18.6 Å². The Balaban J connectivity index is 0.00000181. The summed E-state index contributed by atoms with van der Waals surface area (Å²) >= 11 is 0. The number of phenols is 2. The number of aromatic nitrogens is 3. The zero-order valence-corrected chi connectivity index (χ0v) is 23.9. The van der Waals surface area contributed by atoms with Gasteiger partial charge in [-0.2, -0.15) is 0 Å². The van der Waals surface area contributed by atoms with Crippen LogP contribution in [0.2, 0.25) is 0 Å². The van der Waals surface area contributed by atoms with E-state index in [1.54, 1.807) is 24.3 Å². The Bertz CT molecular complexity index is 1110. The second-order valence-electron chi connectivity index (χ2n) is 7.67. The molecule has 0 aliphatic rings. The first-order valence-corrected chi connectivity index (χ1v) is 9.75. The summed E-state index contributed by atoms with van der Waals surface area (Å²) in [6.45, 7) is 7.87. The number of aryl methyl sites for hydroxylation is 4. The first-order chi connectivity index (χ1) is 14.3. The average Bonchev–Trinajstić information content (AvgIpc) is 2.67. The van der Waals surface area contributed by atoms with Crippen molar-refractivity contribution in [1.82, 2.24) is 15.0 Å². The molecule has 0 aliphatic carbocycles. The molecule has 1 heterocycles. The van der Waals surface area contributed by atoms with Gasteiger partial charge < -0.3 is 10.2 Å².